The van der Waals surface area contributed by atoms with Gasteiger partial charge in [-0.15, -0.1) is 0 Å². The molecule has 0 saturated carbocycles. The van der Waals surface area contributed by atoms with E-state index in [4.69, 9.17) is 5.73 Å². The number of para-hydroxylation sites is 3. The summed E-state index contributed by atoms with van der Waals surface area (Å²) in [5.41, 5.74) is 10.8. The van der Waals surface area contributed by atoms with Crippen LogP contribution in [0.15, 0.2) is 55.1 Å². The van der Waals surface area contributed by atoms with Crippen molar-refractivity contribution in [3.05, 3.63) is 60.7 Å². The van der Waals surface area contributed by atoms with Crippen LogP contribution in [0.3, 0.4) is 0 Å². The van der Waals surface area contributed by atoms with Gasteiger partial charge in [0.15, 0.2) is 16.8 Å². The number of aromatic nitrogens is 5. The number of hydrogen-bond donors (Lipinski definition) is 2. The number of nitrogens with two attached hydrogens (primary N) is 1. The van der Waals surface area contributed by atoms with Crippen LogP contribution in [-0.2, 0) is 0 Å². The quantitative estimate of drug-likeness (QED) is 0.495. The number of nitrogens with one attached hydrogen (secondary N) is 1. The summed E-state index contributed by atoms with van der Waals surface area (Å²) in [5, 5.41) is 3.98. The van der Waals surface area contributed by atoms with Gasteiger partial charge in [-0.05, 0) is 30.7 Å². The van der Waals surface area contributed by atoms with Gasteiger partial charge in [0.25, 0.3) is 0 Å². The molecular formula is C19H15N7S. The summed E-state index contributed by atoms with van der Waals surface area (Å²) in [6, 6.07) is 14.0. The minimum Gasteiger partial charge on any atom is -0.393 e. The van der Waals surface area contributed by atoms with Crippen molar-refractivity contribution in [2.75, 3.05) is 11.1 Å². The summed E-state index contributed by atoms with van der Waals surface area (Å²) in [7, 11) is 0. The molecule has 27 heavy (non-hydrogen) atoms. The summed E-state index contributed by atoms with van der Waals surface area (Å²) in [5.74, 6) is 1.10. The van der Waals surface area contributed by atoms with E-state index in [1.165, 1.54) is 6.33 Å². The third kappa shape index (κ3) is 2.58. The normalized spacial score (nSPS) is 11.3. The Morgan fingerprint density at radius 1 is 1.04 bits per heavy atom. The Bertz CT molecular complexity index is 1290. The van der Waals surface area contributed by atoms with Gasteiger partial charge in [0.2, 0.25) is 0 Å². The SMILES string of the molecule is Cc1cccc2sc(Nc3ncnc(-n4cnc5ccccc54)c3N)nc12. The zero-order valence-electron chi connectivity index (χ0n) is 14.4. The number of benzene rings is 2. The molecule has 7 nitrogen and oxygen atoms in total. The fourth-order valence-electron chi connectivity index (χ4n) is 3.05. The van der Waals surface area contributed by atoms with E-state index in [2.05, 4.69) is 31.3 Å². The van der Waals surface area contributed by atoms with E-state index in [1.807, 2.05) is 47.9 Å². The molecule has 0 aliphatic heterocycles. The maximum atomic E-state index is 6.38. The lowest BCUT2D eigenvalue weighted by atomic mass is 10.2. The Morgan fingerprint density at radius 3 is 2.81 bits per heavy atom. The zero-order chi connectivity index (χ0) is 18.4. The molecule has 3 N–H and O–H groups in total. The first kappa shape index (κ1) is 15.7. The van der Waals surface area contributed by atoms with Gasteiger partial charge >= 0.3 is 0 Å². The third-order valence-corrected chi connectivity index (χ3v) is 5.33. The standard InChI is InChI=1S/C19H15N7S/c1-11-5-4-8-14-16(11)24-19(27-14)25-17-15(20)18(22-9-21-17)26-10-23-12-6-2-3-7-13(12)26/h2-10H,20H2,1H3,(H,21,22,24,25). The van der Waals surface area contributed by atoms with Crippen molar-refractivity contribution in [3.8, 4) is 5.82 Å². The van der Waals surface area contributed by atoms with Crippen LogP contribution in [0.25, 0.3) is 27.1 Å². The maximum Gasteiger partial charge on any atom is 0.189 e. The molecule has 0 aliphatic rings. The number of nitrogen functional groups attached to an aromatic ring is 1. The number of nitrogens with zero attached hydrogens (tertiary/aromatic N) is 5. The Hall–Kier alpha value is -3.52. The van der Waals surface area contributed by atoms with Crippen molar-refractivity contribution in [1.29, 1.82) is 0 Å². The molecule has 0 spiro atoms. The predicted octanol–water partition coefficient (Wildman–Crippen LogP) is 4.06. The molecule has 132 valence electrons. The second-order valence-electron chi connectivity index (χ2n) is 6.13. The molecule has 0 bridgehead atoms. The molecular weight excluding hydrogens is 358 g/mol. The van der Waals surface area contributed by atoms with Crippen LogP contribution in [0.2, 0.25) is 0 Å². The van der Waals surface area contributed by atoms with Gasteiger partial charge < -0.3 is 11.1 Å². The second kappa shape index (κ2) is 6.03. The fourth-order valence-corrected chi connectivity index (χ4v) is 3.99. The van der Waals surface area contributed by atoms with E-state index in [1.54, 1.807) is 17.7 Å². The van der Waals surface area contributed by atoms with Crippen LogP contribution in [0.1, 0.15) is 5.56 Å². The number of anilines is 3. The predicted molar refractivity (Wildman–Crippen MR) is 109 cm³/mol. The van der Waals surface area contributed by atoms with Crippen LogP contribution < -0.4 is 11.1 Å². The van der Waals surface area contributed by atoms with Crippen molar-refractivity contribution < 1.29 is 0 Å². The van der Waals surface area contributed by atoms with Gasteiger partial charge in [-0.2, -0.15) is 0 Å². The van der Waals surface area contributed by atoms with E-state index < -0.39 is 0 Å². The Morgan fingerprint density at radius 2 is 1.93 bits per heavy atom. The number of fused-ring (bicyclic) bond motifs is 2. The molecule has 3 heterocycles. The molecule has 0 aliphatic carbocycles. The molecule has 8 heteroatoms. The number of thiazole rings is 1. The largest absolute Gasteiger partial charge is 0.393 e. The minimum absolute atomic E-state index is 0.441. The first-order valence-corrected chi connectivity index (χ1v) is 9.18. The highest BCUT2D eigenvalue weighted by Gasteiger charge is 2.14. The summed E-state index contributed by atoms with van der Waals surface area (Å²) < 4.78 is 2.98. The molecule has 3 aromatic heterocycles. The smallest absolute Gasteiger partial charge is 0.189 e. The van der Waals surface area contributed by atoms with Crippen molar-refractivity contribution in [3.63, 3.8) is 0 Å². The van der Waals surface area contributed by atoms with Crippen LogP contribution >= 0.6 is 11.3 Å². The highest BCUT2D eigenvalue weighted by molar-refractivity contribution is 7.22. The van der Waals surface area contributed by atoms with Gasteiger partial charge in [-0.3, -0.25) is 4.57 Å². The minimum atomic E-state index is 0.441. The van der Waals surface area contributed by atoms with E-state index in [0.717, 1.165) is 31.9 Å². The third-order valence-electron chi connectivity index (χ3n) is 4.39. The average Bonchev–Trinajstić information content (AvgIpc) is 3.28. The highest BCUT2D eigenvalue weighted by Crippen LogP contribution is 2.32. The lowest BCUT2D eigenvalue weighted by molar-refractivity contribution is 1.00. The van der Waals surface area contributed by atoms with Crippen LogP contribution in [-0.4, -0.2) is 24.5 Å². The van der Waals surface area contributed by atoms with E-state index in [0.29, 0.717) is 17.3 Å². The number of rotatable bonds is 3. The molecule has 5 aromatic rings. The Kier molecular flexibility index (Phi) is 3.51. The lowest BCUT2D eigenvalue weighted by Crippen LogP contribution is -2.07. The van der Waals surface area contributed by atoms with Crippen LogP contribution in [0.4, 0.5) is 16.6 Å². The van der Waals surface area contributed by atoms with E-state index >= 15 is 0 Å². The lowest BCUT2D eigenvalue weighted by Gasteiger charge is -2.10. The molecule has 0 saturated heterocycles. The van der Waals surface area contributed by atoms with Gasteiger partial charge in [0, 0.05) is 0 Å². The second-order valence-corrected chi connectivity index (χ2v) is 7.16. The summed E-state index contributed by atoms with van der Waals surface area (Å²) in [6.45, 7) is 2.05. The first-order valence-electron chi connectivity index (χ1n) is 8.37. The van der Waals surface area contributed by atoms with Gasteiger partial charge in [-0.25, -0.2) is 19.9 Å². The molecule has 0 atom stereocenters. The molecule has 0 unspecified atom stereocenters. The van der Waals surface area contributed by atoms with Crippen molar-refractivity contribution in [2.45, 2.75) is 6.92 Å². The number of aryl methyl sites for hydroxylation is 1. The average molecular weight is 373 g/mol. The summed E-state index contributed by atoms with van der Waals surface area (Å²) >= 11 is 1.56. The Labute approximate surface area is 158 Å². The van der Waals surface area contributed by atoms with Crippen molar-refractivity contribution in [1.82, 2.24) is 24.5 Å². The fraction of sp³-hybridized carbons (Fsp3) is 0.0526. The number of hydrogen-bond acceptors (Lipinski definition) is 7. The summed E-state index contributed by atoms with van der Waals surface area (Å²) in [6.07, 6.45) is 3.20. The monoisotopic (exact) mass is 373 g/mol. The van der Waals surface area contributed by atoms with Crippen LogP contribution in [0, 0.1) is 6.92 Å². The zero-order valence-corrected chi connectivity index (χ0v) is 15.2. The van der Waals surface area contributed by atoms with Gasteiger partial charge in [0.1, 0.15) is 18.3 Å². The topological polar surface area (TPSA) is 94.5 Å². The molecule has 2 aromatic carbocycles. The van der Waals surface area contributed by atoms with Gasteiger partial charge in [-0.1, -0.05) is 35.6 Å². The van der Waals surface area contributed by atoms with Crippen molar-refractivity contribution >= 4 is 49.2 Å². The highest BCUT2D eigenvalue weighted by atomic mass is 32.1. The Balaban J connectivity index is 1.57. The van der Waals surface area contributed by atoms with Crippen molar-refractivity contribution in [2.24, 2.45) is 0 Å². The molecule has 0 radical (unpaired) electrons. The molecule has 5 rings (SSSR count). The number of imidazole rings is 1. The molecule has 0 fully saturated rings. The molecule has 0 amide bonds. The maximum absolute atomic E-state index is 6.38. The van der Waals surface area contributed by atoms with E-state index in [-0.39, 0.29) is 0 Å². The van der Waals surface area contributed by atoms with Gasteiger partial charge in [0.05, 0.1) is 21.3 Å². The first-order chi connectivity index (χ1) is 13.2. The van der Waals surface area contributed by atoms with E-state index in [9.17, 15) is 0 Å². The summed E-state index contributed by atoms with van der Waals surface area (Å²) in [4.78, 5) is 17.7. The van der Waals surface area contributed by atoms with Crippen LogP contribution in [0.5, 0.6) is 0 Å².